The number of aromatic nitrogens is 4. The van der Waals surface area contributed by atoms with E-state index >= 15 is 0 Å². The standard InChI is InChI=1S/C26H30ClN7O2/c1-26(2,35)17-32-10-12-33(13-11-32)18-7-8-20(22(14-18)36-3)30-25-29-15-19(27)24(31-25)21-16-28-23-6-4-5-9-34(21)23/h4-9,14-16,35H,10-13,17H2,1-3H3,(H,29,30,31). The molecule has 1 fully saturated rings. The third-order valence-electron chi connectivity index (χ3n) is 6.18. The molecule has 0 atom stereocenters. The molecule has 0 bridgehead atoms. The van der Waals surface area contributed by atoms with E-state index in [0.717, 1.165) is 48.9 Å². The number of β-amino-alcohol motifs (C(OH)–C–C–N with tert-alkyl or cyclic N) is 1. The van der Waals surface area contributed by atoms with E-state index in [1.165, 1.54) is 0 Å². The van der Waals surface area contributed by atoms with Crippen LogP contribution in [0.5, 0.6) is 5.75 Å². The van der Waals surface area contributed by atoms with E-state index in [0.29, 0.717) is 29.0 Å². The van der Waals surface area contributed by atoms with Gasteiger partial charge >= 0.3 is 0 Å². The molecule has 1 aliphatic heterocycles. The van der Waals surface area contributed by atoms with Crippen LogP contribution in [0.1, 0.15) is 13.8 Å². The van der Waals surface area contributed by atoms with Gasteiger partial charge in [-0.15, -0.1) is 0 Å². The van der Waals surface area contributed by atoms with Gasteiger partial charge in [-0.1, -0.05) is 17.7 Å². The zero-order valence-corrected chi connectivity index (χ0v) is 21.4. The highest BCUT2D eigenvalue weighted by Crippen LogP contribution is 2.33. The number of hydrogen-bond donors (Lipinski definition) is 2. The Morgan fingerprint density at radius 1 is 1.08 bits per heavy atom. The lowest BCUT2D eigenvalue weighted by Gasteiger charge is -2.38. The van der Waals surface area contributed by atoms with E-state index in [1.54, 1.807) is 19.5 Å². The Morgan fingerprint density at radius 2 is 1.89 bits per heavy atom. The van der Waals surface area contributed by atoms with Gasteiger partial charge in [0.25, 0.3) is 0 Å². The van der Waals surface area contributed by atoms with Gasteiger partial charge in [-0.25, -0.2) is 15.0 Å². The summed E-state index contributed by atoms with van der Waals surface area (Å²) >= 11 is 6.46. The van der Waals surface area contributed by atoms with Gasteiger partial charge in [0, 0.05) is 50.7 Å². The van der Waals surface area contributed by atoms with Crippen molar-refractivity contribution in [3.8, 4) is 17.1 Å². The van der Waals surface area contributed by atoms with E-state index < -0.39 is 5.60 Å². The smallest absolute Gasteiger partial charge is 0.227 e. The van der Waals surface area contributed by atoms with Crippen LogP contribution in [-0.2, 0) is 0 Å². The first-order valence-corrected chi connectivity index (χ1v) is 12.3. The van der Waals surface area contributed by atoms with Gasteiger partial charge in [0.05, 0.1) is 41.5 Å². The second-order valence-electron chi connectivity index (χ2n) is 9.55. The Morgan fingerprint density at radius 3 is 2.64 bits per heavy atom. The van der Waals surface area contributed by atoms with Crippen molar-refractivity contribution in [1.82, 2.24) is 24.3 Å². The molecule has 1 aliphatic rings. The van der Waals surface area contributed by atoms with Crippen molar-refractivity contribution in [3.05, 3.63) is 60.0 Å². The number of pyridine rings is 1. The van der Waals surface area contributed by atoms with Crippen molar-refractivity contribution >= 4 is 34.6 Å². The summed E-state index contributed by atoms with van der Waals surface area (Å²) in [5, 5.41) is 13.8. The first-order chi connectivity index (χ1) is 17.3. The van der Waals surface area contributed by atoms with E-state index in [1.807, 2.05) is 54.8 Å². The third kappa shape index (κ3) is 5.23. The monoisotopic (exact) mass is 507 g/mol. The van der Waals surface area contributed by atoms with E-state index in [4.69, 9.17) is 16.3 Å². The molecule has 0 saturated carbocycles. The molecule has 5 rings (SSSR count). The molecular weight excluding hydrogens is 478 g/mol. The Labute approximate surface area is 215 Å². The number of nitrogens with zero attached hydrogens (tertiary/aromatic N) is 6. The number of rotatable bonds is 7. The number of piperazine rings is 1. The van der Waals surface area contributed by atoms with Crippen LogP contribution in [-0.4, -0.2) is 74.8 Å². The normalized spacial score (nSPS) is 14.9. The van der Waals surface area contributed by atoms with Crippen LogP contribution >= 0.6 is 11.6 Å². The lowest BCUT2D eigenvalue weighted by atomic mass is 10.1. The maximum Gasteiger partial charge on any atom is 0.227 e. The molecule has 0 spiro atoms. The van der Waals surface area contributed by atoms with E-state index in [-0.39, 0.29) is 0 Å². The largest absolute Gasteiger partial charge is 0.494 e. The Kier molecular flexibility index (Phi) is 6.70. The van der Waals surface area contributed by atoms with E-state index in [2.05, 4.69) is 36.1 Å². The van der Waals surface area contributed by atoms with Crippen molar-refractivity contribution < 1.29 is 9.84 Å². The van der Waals surface area contributed by atoms with E-state index in [9.17, 15) is 5.11 Å². The third-order valence-corrected chi connectivity index (χ3v) is 6.46. The average molecular weight is 508 g/mol. The van der Waals surface area contributed by atoms with Gasteiger partial charge in [0.2, 0.25) is 5.95 Å². The molecule has 4 aromatic rings. The summed E-state index contributed by atoms with van der Waals surface area (Å²) in [6, 6.07) is 11.9. The highest BCUT2D eigenvalue weighted by molar-refractivity contribution is 6.32. The van der Waals surface area contributed by atoms with Gasteiger partial charge in [0.1, 0.15) is 17.1 Å². The molecule has 1 saturated heterocycles. The molecule has 10 heteroatoms. The van der Waals surface area contributed by atoms with Crippen molar-refractivity contribution in [2.75, 3.05) is 50.1 Å². The summed E-state index contributed by atoms with van der Waals surface area (Å²) < 4.78 is 7.63. The van der Waals surface area contributed by atoms with Crippen molar-refractivity contribution in [2.45, 2.75) is 19.4 Å². The number of methoxy groups -OCH3 is 1. The summed E-state index contributed by atoms with van der Waals surface area (Å²) in [7, 11) is 1.65. The van der Waals surface area contributed by atoms with Crippen LogP contribution in [0, 0.1) is 0 Å². The minimum atomic E-state index is -0.687. The molecular formula is C26H30ClN7O2. The van der Waals surface area contributed by atoms with Crippen molar-refractivity contribution in [3.63, 3.8) is 0 Å². The minimum Gasteiger partial charge on any atom is -0.494 e. The van der Waals surface area contributed by atoms with Gasteiger partial charge in [-0.3, -0.25) is 9.30 Å². The molecule has 0 aliphatic carbocycles. The Bertz CT molecular complexity index is 1360. The highest BCUT2D eigenvalue weighted by Gasteiger charge is 2.23. The fourth-order valence-electron chi connectivity index (χ4n) is 4.53. The number of imidazole rings is 1. The lowest BCUT2D eigenvalue weighted by Crippen LogP contribution is -2.50. The summed E-state index contributed by atoms with van der Waals surface area (Å²) in [6.07, 6.45) is 5.27. The SMILES string of the molecule is COc1cc(N2CCN(CC(C)(C)O)CC2)ccc1Nc1ncc(Cl)c(-c2cnc3ccccn23)n1. The Hall–Kier alpha value is -3.40. The molecule has 0 amide bonds. The predicted octanol–water partition coefficient (Wildman–Crippen LogP) is 4.09. The molecule has 4 heterocycles. The van der Waals surface area contributed by atoms with Crippen molar-refractivity contribution in [1.29, 1.82) is 0 Å². The fourth-order valence-corrected chi connectivity index (χ4v) is 4.71. The van der Waals surface area contributed by atoms with Crippen LogP contribution in [0.4, 0.5) is 17.3 Å². The number of halogens is 1. The lowest BCUT2D eigenvalue weighted by molar-refractivity contribution is 0.0345. The number of nitrogens with one attached hydrogen (secondary N) is 1. The van der Waals surface area contributed by atoms with Gasteiger partial charge < -0.3 is 20.1 Å². The quantitative estimate of drug-likeness (QED) is 0.386. The summed E-state index contributed by atoms with van der Waals surface area (Å²) in [5.74, 6) is 1.10. The van der Waals surface area contributed by atoms with Crippen LogP contribution < -0.4 is 15.0 Å². The summed E-state index contributed by atoms with van der Waals surface area (Å²) in [6.45, 7) is 7.94. The molecule has 0 unspecified atom stereocenters. The molecule has 36 heavy (non-hydrogen) atoms. The highest BCUT2D eigenvalue weighted by atomic mass is 35.5. The fraction of sp³-hybridized carbons (Fsp3) is 0.346. The number of ether oxygens (including phenoxy) is 1. The molecule has 188 valence electrons. The maximum atomic E-state index is 10.1. The molecule has 2 N–H and O–H groups in total. The molecule has 3 aromatic heterocycles. The topological polar surface area (TPSA) is 91.0 Å². The zero-order valence-electron chi connectivity index (χ0n) is 20.6. The van der Waals surface area contributed by atoms with Crippen LogP contribution in [0.15, 0.2) is 55.0 Å². The Balaban J connectivity index is 1.34. The molecule has 1 aromatic carbocycles. The first-order valence-electron chi connectivity index (χ1n) is 11.9. The second-order valence-corrected chi connectivity index (χ2v) is 9.95. The molecule has 9 nitrogen and oxygen atoms in total. The van der Waals surface area contributed by atoms with Crippen molar-refractivity contribution in [2.24, 2.45) is 0 Å². The number of fused-ring (bicyclic) bond motifs is 1. The number of anilines is 3. The second kappa shape index (κ2) is 9.93. The summed E-state index contributed by atoms with van der Waals surface area (Å²) in [5.41, 5.74) is 3.35. The van der Waals surface area contributed by atoms with Gasteiger partial charge in [-0.05, 0) is 38.1 Å². The number of hydrogen-bond acceptors (Lipinski definition) is 8. The minimum absolute atomic E-state index is 0.409. The molecule has 0 radical (unpaired) electrons. The van der Waals surface area contributed by atoms with Crippen LogP contribution in [0.25, 0.3) is 17.0 Å². The van der Waals surface area contributed by atoms with Gasteiger partial charge in [0.15, 0.2) is 0 Å². The maximum absolute atomic E-state index is 10.1. The zero-order chi connectivity index (χ0) is 25.3. The van der Waals surface area contributed by atoms with Crippen LogP contribution in [0.2, 0.25) is 5.02 Å². The van der Waals surface area contributed by atoms with Gasteiger partial charge in [-0.2, -0.15) is 0 Å². The predicted molar refractivity (Wildman–Crippen MR) is 142 cm³/mol. The van der Waals surface area contributed by atoms with Crippen LogP contribution in [0.3, 0.4) is 0 Å². The number of aliphatic hydroxyl groups is 1. The number of benzene rings is 1. The average Bonchev–Trinajstić information content (AvgIpc) is 3.29. The first kappa shape index (κ1) is 24.3. The summed E-state index contributed by atoms with van der Waals surface area (Å²) in [4.78, 5) is 18.1.